The van der Waals surface area contributed by atoms with Crippen LogP contribution < -0.4 is 15.5 Å². The molecule has 1 saturated heterocycles. The maximum Gasteiger partial charge on any atom is 0.326 e. The minimum Gasteiger partial charge on any atom is -0.480 e. The first-order valence-corrected chi connectivity index (χ1v) is 14.7. The van der Waals surface area contributed by atoms with E-state index in [9.17, 15) is 14.7 Å². The van der Waals surface area contributed by atoms with Gasteiger partial charge >= 0.3 is 5.97 Å². The predicted octanol–water partition coefficient (Wildman–Crippen LogP) is 6.20. The van der Waals surface area contributed by atoms with E-state index in [0.717, 1.165) is 41.0 Å². The Balaban J connectivity index is 1.53. The van der Waals surface area contributed by atoms with Crippen LogP contribution >= 0.6 is 11.8 Å². The molecule has 1 fully saturated rings. The number of anilines is 2. The highest BCUT2D eigenvalue weighted by Gasteiger charge is 2.22. The van der Waals surface area contributed by atoms with E-state index < -0.39 is 12.0 Å². The number of thioether (sulfide) groups is 1. The Morgan fingerprint density at radius 2 is 1.71 bits per heavy atom. The van der Waals surface area contributed by atoms with Crippen molar-refractivity contribution < 1.29 is 14.7 Å². The number of carbonyl (C=O) groups excluding carboxylic acids is 1. The van der Waals surface area contributed by atoms with Crippen LogP contribution in [0.5, 0.6) is 0 Å². The fraction of sp³-hybridized carbons (Fsp3) is 0.355. The fourth-order valence-electron chi connectivity index (χ4n) is 4.87. The second-order valence-electron chi connectivity index (χ2n) is 9.79. The lowest BCUT2D eigenvalue weighted by molar-refractivity contribution is -0.139. The van der Waals surface area contributed by atoms with Gasteiger partial charge in [-0.3, -0.25) is 4.79 Å². The van der Waals surface area contributed by atoms with E-state index in [1.165, 1.54) is 24.9 Å². The molecule has 4 rings (SSSR count). The number of piperidine rings is 1. The number of aliphatic carboxylic acids is 1. The zero-order valence-corrected chi connectivity index (χ0v) is 23.0. The van der Waals surface area contributed by atoms with Crippen LogP contribution in [0, 0.1) is 6.92 Å². The van der Waals surface area contributed by atoms with Gasteiger partial charge in [0.05, 0.1) is 0 Å². The molecule has 3 aromatic carbocycles. The van der Waals surface area contributed by atoms with Crippen LogP contribution in [0.25, 0.3) is 11.1 Å². The van der Waals surface area contributed by atoms with Gasteiger partial charge in [-0.05, 0) is 103 Å². The van der Waals surface area contributed by atoms with E-state index in [-0.39, 0.29) is 5.91 Å². The van der Waals surface area contributed by atoms with Crippen molar-refractivity contribution in [1.82, 2.24) is 5.32 Å². The molecule has 3 N–H and O–H groups in total. The average Bonchev–Trinajstić information content (AvgIpc) is 2.95. The molecule has 0 spiro atoms. The number of nitrogens with one attached hydrogen (secondary N) is 2. The van der Waals surface area contributed by atoms with Crippen LogP contribution in [0.15, 0.2) is 66.7 Å². The number of carboxylic acid groups (broad SMARTS) is 1. The summed E-state index contributed by atoms with van der Waals surface area (Å²) in [6, 6.07) is 21.4. The number of hydrogen-bond acceptors (Lipinski definition) is 5. The molecule has 1 aliphatic rings. The molecule has 0 aromatic heterocycles. The second kappa shape index (κ2) is 13.4. The molecule has 0 radical (unpaired) electrons. The standard InChI is InChI=1S/C31H37N3O3S/c1-22-8-4-5-9-26(22)28-20-23(10-15-27(28)30(35)33-29(31(36)37)16-19-38-2)21-32-24-11-13-25(14-12-24)34-17-6-3-7-18-34/h4-5,8-15,20,29,32H,3,6-7,16-19,21H2,1-2H3,(H,33,35)(H,36,37). The Hall–Kier alpha value is -3.45. The third kappa shape index (κ3) is 7.10. The summed E-state index contributed by atoms with van der Waals surface area (Å²) in [5.74, 6) is -0.729. The lowest BCUT2D eigenvalue weighted by atomic mass is 9.93. The molecule has 1 amide bonds. The van der Waals surface area contributed by atoms with Crippen molar-refractivity contribution in [2.24, 2.45) is 0 Å². The largest absolute Gasteiger partial charge is 0.480 e. The summed E-state index contributed by atoms with van der Waals surface area (Å²) >= 11 is 1.56. The molecule has 1 atom stereocenters. The van der Waals surface area contributed by atoms with Gasteiger partial charge < -0.3 is 20.6 Å². The monoisotopic (exact) mass is 531 g/mol. The summed E-state index contributed by atoms with van der Waals surface area (Å²) in [4.78, 5) is 27.5. The fourth-order valence-corrected chi connectivity index (χ4v) is 5.34. The van der Waals surface area contributed by atoms with Crippen molar-refractivity contribution in [1.29, 1.82) is 0 Å². The molecular weight excluding hydrogens is 494 g/mol. The van der Waals surface area contributed by atoms with Gasteiger partial charge in [0, 0.05) is 36.6 Å². The molecule has 200 valence electrons. The van der Waals surface area contributed by atoms with Gasteiger partial charge in [-0.1, -0.05) is 30.3 Å². The predicted molar refractivity (Wildman–Crippen MR) is 158 cm³/mol. The topological polar surface area (TPSA) is 81.7 Å². The normalized spacial score (nSPS) is 14.1. The zero-order valence-electron chi connectivity index (χ0n) is 22.2. The van der Waals surface area contributed by atoms with Crippen LogP contribution in [-0.2, 0) is 11.3 Å². The van der Waals surface area contributed by atoms with Crippen LogP contribution in [0.4, 0.5) is 11.4 Å². The molecular formula is C31H37N3O3S. The SMILES string of the molecule is CSCCC(NC(=O)c1ccc(CNc2ccc(N3CCCCC3)cc2)cc1-c1ccccc1C)C(=O)O. The molecule has 38 heavy (non-hydrogen) atoms. The number of nitrogens with zero attached hydrogens (tertiary/aromatic N) is 1. The Bertz CT molecular complexity index is 1240. The molecule has 1 unspecified atom stereocenters. The molecule has 6 nitrogen and oxygen atoms in total. The van der Waals surface area contributed by atoms with Crippen LogP contribution in [0.1, 0.15) is 47.2 Å². The summed E-state index contributed by atoms with van der Waals surface area (Å²) < 4.78 is 0. The lowest BCUT2D eigenvalue weighted by Gasteiger charge is -2.28. The van der Waals surface area contributed by atoms with Crippen molar-refractivity contribution in [2.75, 3.05) is 35.3 Å². The molecule has 7 heteroatoms. The number of aryl methyl sites for hydroxylation is 1. The number of amides is 1. The molecule has 3 aromatic rings. The summed E-state index contributed by atoms with van der Waals surface area (Å²) in [6.45, 7) is 4.87. The lowest BCUT2D eigenvalue weighted by Crippen LogP contribution is -2.41. The maximum absolute atomic E-state index is 13.3. The van der Waals surface area contributed by atoms with Gasteiger partial charge in [0.2, 0.25) is 0 Å². The summed E-state index contributed by atoms with van der Waals surface area (Å²) in [5.41, 5.74) is 6.64. The van der Waals surface area contributed by atoms with Gasteiger partial charge in [-0.15, -0.1) is 0 Å². The molecule has 1 heterocycles. The highest BCUT2D eigenvalue weighted by Crippen LogP contribution is 2.29. The van der Waals surface area contributed by atoms with Gasteiger partial charge in [0.15, 0.2) is 0 Å². The maximum atomic E-state index is 13.3. The van der Waals surface area contributed by atoms with Crippen molar-refractivity contribution >= 4 is 35.0 Å². The molecule has 0 aliphatic carbocycles. The number of benzene rings is 3. The Labute approximate surface area is 229 Å². The smallest absolute Gasteiger partial charge is 0.326 e. The zero-order chi connectivity index (χ0) is 26.9. The second-order valence-corrected chi connectivity index (χ2v) is 10.8. The van der Waals surface area contributed by atoms with Gasteiger partial charge in [-0.25, -0.2) is 4.79 Å². The average molecular weight is 532 g/mol. The van der Waals surface area contributed by atoms with Crippen molar-refractivity contribution in [3.8, 4) is 11.1 Å². The van der Waals surface area contributed by atoms with E-state index in [2.05, 4.69) is 39.8 Å². The first-order chi connectivity index (χ1) is 18.5. The van der Waals surface area contributed by atoms with Crippen molar-refractivity contribution in [2.45, 2.75) is 45.2 Å². The molecule has 0 saturated carbocycles. The van der Waals surface area contributed by atoms with Gasteiger partial charge in [0.25, 0.3) is 5.91 Å². The van der Waals surface area contributed by atoms with Gasteiger partial charge in [-0.2, -0.15) is 11.8 Å². The van der Waals surface area contributed by atoms with Crippen LogP contribution in [0.3, 0.4) is 0 Å². The minimum atomic E-state index is -1.02. The first kappa shape index (κ1) is 27.6. The summed E-state index contributed by atoms with van der Waals surface area (Å²) in [6.07, 6.45) is 6.13. The van der Waals surface area contributed by atoms with Crippen LogP contribution in [-0.4, -0.2) is 48.1 Å². The molecule has 0 bridgehead atoms. The Morgan fingerprint density at radius 1 is 0.974 bits per heavy atom. The number of hydrogen-bond donors (Lipinski definition) is 3. The number of carbonyl (C=O) groups is 2. The van der Waals surface area contributed by atoms with Crippen LogP contribution in [0.2, 0.25) is 0 Å². The number of rotatable bonds is 11. The highest BCUT2D eigenvalue weighted by atomic mass is 32.2. The van der Waals surface area contributed by atoms with E-state index in [1.54, 1.807) is 17.8 Å². The van der Waals surface area contributed by atoms with E-state index >= 15 is 0 Å². The quantitative estimate of drug-likeness (QED) is 0.273. The molecule has 1 aliphatic heterocycles. The van der Waals surface area contributed by atoms with E-state index in [4.69, 9.17) is 0 Å². The highest BCUT2D eigenvalue weighted by molar-refractivity contribution is 7.98. The minimum absolute atomic E-state index is 0.371. The third-order valence-corrected chi connectivity index (χ3v) is 7.71. The summed E-state index contributed by atoms with van der Waals surface area (Å²) in [5, 5.41) is 15.8. The Morgan fingerprint density at radius 3 is 2.39 bits per heavy atom. The summed E-state index contributed by atoms with van der Waals surface area (Å²) in [7, 11) is 0. The number of carboxylic acids is 1. The van der Waals surface area contributed by atoms with Crippen molar-refractivity contribution in [3.05, 3.63) is 83.4 Å². The first-order valence-electron chi connectivity index (χ1n) is 13.3. The van der Waals surface area contributed by atoms with E-state index in [1.807, 2.05) is 49.6 Å². The van der Waals surface area contributed by atoms with E-state index in [0.29, 0.717) is 24.3 Å². The van der Waals surface area contributed by atoms with Crippen molar-refractivity contribution in [3.63, 3.8) is 0 Å². The van der Waals surface area contributed by atoms with Gasteiger partial charge in [0.1, 0.15) is 6.04 Å². The third-order valence-electron chi connectivity index (χ3n) is 7.06. The Kier molecular flexibility index (Phi) is 9.71.